The molecule has 4 rings (SSSR count). The second-order valence-corrected chi connectivity index (χ2v) is 7.74. The van der Waals surface area contributed by atoms with Gasteiger partial charge in [-0.1, -0.05) is 6.07 Å². The minimum Gasteiger partial charge on any atom is -0.463 e. The van der Waals surface area contributed by atoms with E-state index in [1.165, 1.54) is 11.3 Å². The van der Waals surface area contributed by atoms with Crippen LogP contribution in [0.15, 0.2) is 29.5 Å². The van der Waals surface area contributed by atoms with Gasteiger partial charge in [0.1, 0.15) is 6.54 Å². The van der Waals surface area contributed by atoms with Crippen LogP contribution in [0.3, 0.4) is 0 Å². The summed E-state index contributed by atoms with van der Waals surface area (Å²) in [4.78, 5) is 26.8. The quantitative estimate of drug-likeness (QED) is 0.641. The van der Waals surface area contributed by atoms with Crippen molar-refractivity contribution >= 4 is 12.0 Å². The van der Waals surface area contributed by atoms with E-state index in [9.17, 15) is 9.59 Å². The average molecular weight is 402 g/mol. The van der Waals surface area contributed by atoms with Crippen LogP contribution in [0.5, 0.6) is 11.5 Å². The van der Waals surface area contributed by atoms with Crippen LogP contribution < -0.4 is 25.0 Å². The molecule has 1 aromatic rings. The van der Waals surface area contributed by atoms with Crippen molar-refractivity contribution in [3.8, 4) is 11.5 Å². The van der Waals surface area contributed by atoms with Crippen molar-refractivity contribution in [2.45, 2.75) is 45.2 Å². The molecule has 8 nitrogen and oxygen atoms in total. The highest BCUT2D eigenvalue weighted by Gasteiger charge is 2.37. The summed E-state index contributed by atoms with van der Waals surface area (Å²) >= 11 is 0. The van der Waals surface area contributed by atoms with Crippen molar-refractivity contribution in [1.82, 2.24) is 10.6 Å². The molecule has 156 valence electrons. The van der Waals surface area contributed by atoms with E-state index in [2.05, 4.69) is 17.6 Å². The van der Waals surface area contributed by atoms with Crippen LogP contribution in [0.1, 0.15) is 44.7 Å². The van der Waals surface area contributed by atoms with Gasteiger partial charge in [-0.25, -0.2) is 9.59 Å². The zero-order valence-electron chi connectivity index (χ0n) is 16.9. The predicted octanol–water partition coefficient (Wildman–Crippen LogP) is 1.04. The summed E-state index contributed by atoms with van der Waals surface area (Å²) in [5, 5.41) is 5.75. The Labute approximate surface area is 170 Å². The summed E-state index contributed by atoms with van der Waals surface area (Å²) in [6.45, 7) is 6.05. The summed E-state index contributed by atoms with van der Waals surface area (Å²) < 4.78 is 16.2. The number of benzene rings is 1. The van der Waals surface area contributed by atoms with E-state index >= 15 is 0 Å². The number of ether oxygens (including phenoxy) is 3. The molecule has 0 aliphatic carbocycles. The fourth-order valence-corrected chi connectivity index (χ4v) is 4.29. The Morgan fingerprint density at radius 1 is 1.28 bits per heavy atom. The van der Waals surface area contributed by atoms with Crippen molar-refractivity contribution in [2.24, 2.45) is 0 Å². The van der Waals surface area contributed by atoms with Gasteiger partial charge in [0.05, 0.1) is 36.5 Å². The van der Waals surface area contributed by atoms with Crippen molar-refractivity contribution in [3.63, 3.8) is 0 Å². The Hall–Kier alpha value is -2.74. The third-order valence-electron chi connectivity index (χ3n) is 5.86. The molecule has 1 fully saturated rings. The third kappa shape index (κ3) is 4.03. The number of carbonyl (C=O) groups excluding carboxylic acids is 2. The van der Waals surface area contributed by atoms with Crippen LogP contribution in [-0.4, -0.2) is 44.5 Å². The number of fused-ring (bicyclic) bond motifs is 1. The lowest BCUT2D eigenvalue weighted by molar-refractivity contribution is -0.924. The lowest BCUT2D eigenvalue weighted by Crippen LogP contribution is -3.16. The predicted molar refractivity (Wildman–Crippen MR) is 105 cm³/mol. The topological polar surface area (TPSA) is 90.3 Å². The number of nitrogens with one attached hydrogen (secondary N) is 3. The van der Waals surface area contributed by atoms with E-state index in [1.807, 2.05) is 12.1 Å². The monoisotopic (exact) mass is 402 g/mol. The molecule has 0 saturated carbocycles. The largest absolute Gasteiger partial charge is 0.463 e. The molecule has 3 atom stereocenters. The second kappa shape index (κ2) is 8.32. The molecule has 0 radical (unpaired) electrons. The first-order valence-electron chi connectivity index (χ1n) is 10.3. The van der Waals surface area contributed by atoms with Crippen molar-refractivity contribution in [1.29, 1.82) is 0 Å². The van der Waals surface area contributed by atoms with E-state index in [4.69, 9.17) is 14.2 Å². The first-order valence-corrected chi connectivity index (χ1v) is 10.3. The smallest absolute Gasteiger partial charge is 0.338 e. The zero-order chi connectivity index (χ0) is 20.4. The summed E-state index contributed by atoms with van der Waals surface area (Å²) in [6, 6.07) is 5.01. The molecule has 1 aromatic carbocycles. The lowest BCUT2D eigenvalue weighted by atomic mass is 9.94. The Morgan fingerprint density at radius 2 is 2.10 bits per heavy atom. The van der Waals surface area contributed by atoms with Gasteiger partial charge >= 0.3 is 12.0 Å². The standard InChI is InChI=1S/C21H27N3O5/c1-3-27-20(25)18-15(11-24-9-5-4-6-13(24)2)22-21(26)23-19(18)14-7-8-16-17(10-14)29-12-28-16/h7-8,10,13,19H,3-6,9,11-12H2,1-2H3,(H2,22,23,26)/p+1/t13-,19-/m0/s1. The molecule has 2 amide bonds. The highest BCUT2D eigenvalue weighted by atomic mass is 16.7. The molecule has 1 saturated heterocycles. The van der Waals surface area contributed by atoms with Gasteiger partial charge in [0.25, 0.3) is 0 Å². The normalized spacial score (nSPS) is 26.0. The fourth-order valence-electron chi connectivity index (χ4n) is 4.29. The molecular weight excluding hydrogens is 374 g/mol. The van der Waals surface area contributed by atoms with Crippen LogP contribution in [0.2, 0.25) is 0 Å². The summed E-state index contributed by atoms with van der Waals surface area (Å²) in [5.74, 6) is 0.847. The van der Waals surface area contributed by atoms with Crippen molar-refractivity contribution < 1.29 is 28.7 Å². The lowest BCUT2D eigenvalue weighted by Gasteiger charge is -2.34. The van der Waals surface area contributed by atoms with E-state index < -0.39 is 12.0 Å². The number of likely N-dealkylation sites (tertiary alicyclic amines) is 1. The fraction of sp³-hybridized carbons (Fsp3) is 0.524. The first-order chi connectivity index (χ1) is 14.1. The maximum atomic E-state index is 12.9. The molecule has 29 heavy (non-hydrogen) atoms. The minimum absolute atomic E-state index is 0.166. The van der Waals surface area contributed by atoms with Crippen LogP contribution in [0.4, 0.5) is 4.79 Å². The number of carbonyl (C=O) groups is 2. The maximum absolute atomic E-state index is 12.9. The zero-order valence-corrected chi connectivity index (χ0v) is 16.9. The Kier molecular flexibility index (Phi) is 5.62. The Balaban J connectivity index is 1.71. The van der Waals surface area contributed by atoms with E-state index in [0.29, 0.717) is 35.4 Å². The number of urea groups is 1. The van der Waals surface area contributed by atoms with E-state index in [-0.39, 0.29) is 19.4 Å². The first kappa shape index (κ1) is 19.6. The number of hydrogen-bond acceptors (Lipinski definition) is 5. The number of esters is 1. The Bertz CT molecular complexity index is 838. The van der Waals surface area contributed by atoms with Gasteiger partial charge in [0, 0.05) is 0 Å². The number of piperidine rings is 1. The van der Waals surface area contributed by atoms with E-state index in [0.717, 1.165) is 24.9 Å². The SMILES string of the molecule is CCOC(=O)C1=C(C[NH+]2CCCC[C@@H]2C)NC(=O)N[C@H]1c1ccc2c(c1)OCO2. The van der Waals surface area contributed by atoms with Crippen LogP contribution in [0, 0.1) is 0 Å². The van der Waals surface area contributed by atoms with E-state index in [1.54, 1.807) is 13.0 Å². The van der Waals surface area contributed by atoms with Crippen molar-refractivity contribution in [3.05, 3.63) is 35.0 Å². The molecule has 3 aliphatic rings. The molecule has 1 unspecified atom stereocenters. The molecule has 3 heterocycles. The highest BCUT2D eigenvalue weighted by Crippen LogP contribution is 2.37. The third-order valence-corrected chi connectivity index (χ3v) is 5.86. The molecule has 3 aliphatic heterocycles. The van der Waals surface area contributed by atoms with Gasteiger partial charge < -0.3 is 29.7 Å². The summed E-state index contributed by atoms with van der Waals surface area (Å²) in [6.07, 6.45) is 3.52. The van der Waals surface area contributed by atoms with Crippen LogP contribution in [0.25, 0.3) is 0 Å². The molecule has 8 heteroatoms. The Morgan fingerprint density at radius 3 is 2.90 bits per heavy atom. The van der Waals surface area contributed by atoms with Gasteiger partial charge in [0.2, 0.25) is 6.79 Å². The number of rotatable bonds is 5. The average Bonchev–Trinajstić information content (AvgIpc) is 3.17. The summed E-state index contributed by atoms with van der Waals surface area (Å²) in [5.41, 5.74) is 1.85. The maximum Gasteiger partial charge on any atom is 0.338 e. The second-order valence-electron chi connectivity index (χ2n) is 7.74. The van der Waals surface area contributed by atoms with Gasteiger partial charge in [-0.2, -0.15) is 0 Å². The van der Waals surface area contributed by atoms with Gasteiger partial charge in [-0.15, -0.1) is 0 Å². The molecular formula is C21H28N3O5+. The number of amides is 2. The number of hydrogen-bond donors (Lipinski definition) is 3. The van der Waals surface area contributed by atoms with Crippen LogP contribution in [-0.2, 0) is 9.53 Å². The van der Waals surface area contributed by atoms with Crippen LogP contribution >= 0.6 is 0 Å². The molecule has 0 bridgehead atoms. The number of quaternary nitrogens is 1. The molecule has 3 N–H and O–H groups in total. The van der Waals surface area contributed by atoms with Crippen molar-refractivity contribution in [2.75, 3.05) is 26.5 Å². The van der Waals surface area contributed by atoms with Gasteiger partial charge in [-0.3, -0.25) is 0 Å². The molecule has 0 aromatic heterocycles. The molecule has 0 spiro atoms. The van der Waals surface area contributed by atoms with Gasteiger partial charge in [-0.05, 0) is 50.8 Å². The highest BCUT2D eigenvalue weighted by molar-refractivity contribution is 5.95. The minimum atomic E-state index is -0.605. The van der Waals surface area contributed by atoms with Gasteiger partial charge in [0.15, 0.2) is 11.5 Å². The summed E-state index contributed by atoms with van der Waals surface area (Å²) in [7, 11) is 0.